The van der Waals surface area contributed by atoms with E-state index in [1.165, 1.54) is 0 Å². The SMILES string of the molecule is CC1(C)[C@@H]2CC[C@@]13[C@@H](C2)N(C(=O)[C@@H]1ON=C(c2ccccc2)[C@H]1O)S3(=O)=O. The number of oxime groups is 1. The summed E-state index contributed by atoms with van der Waals surface area (Å²) in [6, 6.07) is 8.59. The maximum Gasteiger partial charge on any atom is 0.283 e. The standard InChI is InChI=1S/C19H22N2O5S/c1-18(2)12-8-9-19(18)13(10-12)21(27(19,24)25)17(23)16-15(22)14(20-26-16)11-6-4-3-5-7-11/h3-7,12-13,15-16,22H,8-10H2,1-2H3/t12-,13-,15-,16-,19-/m1/s1. The van der Waals surface area contributed by atoms with Crippen molar-refractivity contribution in [2.45, 2.75) is 56.1 Å². The number of aliphatic hydroxyl groups is 1. The predicted molar refractivity (Wildman–Crippen MR) is 97.3 cm³/mol. The molecule has 27 heavy (non-hydrogen) atoms. The van der Waals surface area contributed by atoms with Crippen LogP contribution in [0.15, 0.2) is 35.5 Å². The highest BCUT2D eigenvalue weighted by Crippen LogP contribution is 2.70. The van der Waals surface area contributed by atoms with Crippen LogP contribution in [0, 0.1) is 11.3 Å². The van der Waals surface area contributed by atoms with Crippen molar-refractivity contribution < 1.29 is 23.2 Å². The van der Waals surface area contributed by atoms with E-state index >= 15 is 0 Å². The molecular formula is C19H22N2O5S. The van der Waals surface area contributed by atoms with Gasteiger partial charge in [-0.15, -0.1) is 0 Å². The van der Waals surface area contributed by atoms with Crippen molar-refractivity contribution in [3.05, 3.63) is 35.9 Å². The van der Waals surface area contributed by atoms with Crippen LogP contribution in [0.2, 0.25) is 0 Å². The van der Waals surface area contributed by atoms with Crippen molar-refractivity contribution in [2.75, 3.05) is 0 Å². The summed E-state index contributed by atoms with van der Waals surface area (Å²) in [7, 11) is -3.78. The largest absolute Gasteiger partial charge is 0.382 e. The Hall–Kier alpha value is -1.93. The summed E-state index contributed by atoms with van der Waals surface area (Å²) in [6.07, 6.45) is -0.448. The lowest BCUT2D eigenvalue weighted by atomic mass is 9.80. The van der Waals surface area contributed by atoms with Crippen molar-refractivity contribution in [1.82, 2.24) is 4.31 Å². The van der Waals surface area contributed by atoms with Crippen molar-refractivity contribution in [3.8, 4) is 0 Å². The van der Waals surface area contributed by atoms with Gasteiger partial charge in [0.25, 0.3) is 5.91 Å². The molecule has 2 heterocycles. The molecule has 1 N–H and O–H groups in total. The van der Waals surface area contributed by atoms with Gasteiger partial charge in [0, 0.05) is 5.56 Å². The Kier molecular flexibility index (Phi) is 3.25. The Morgan fingerprint density at radius 3 is 2.67 bits per heavy atom. The topological polar surface area (TPSA) is 96.3 Å². The molecule has 5 atom stereocenters. The Morgan fingerprint density at radius 1 is 1.30 bits per heavy atom. The predicted octanol–water partition coefficient (Wildman–Crippen LogP) is 1.27. The highest BCUT2D eigenvalue weighted by molar-refractivity contribution is 7.92. The minimum atomic E-state index is -3.78. The van der Waals surface area contributed by atoms with E-state index in [0.29, 0.717) is 24.3 Å². The van der Waals surface area contributed by atoms with Crippen LogP contribution in [0.3, 0.4) is 0 Å². The lowest BCUT2D eigenvalue weighted by Gasteiger charge is -2.56. The summed E-state index contributed by atoms with van der Waals surface area (Å²) in [5, 5.41) is 14.4. The fraction of sp³-hybridized carbons (Fsp3) is 0.579. The van der Waals surface area contributed by atoms with Gasteiger partial charge in [0.05, 0.1) is 6.04 Å². The first-order valence-electron chi connectivity index (χ1n) is 9.28. The number of nitrogens with zero attached hydrogens (tertiary/aromatic N) is 2. The molecule has 2 saturated carbocycles. The Bertz CT molecular complexity index is 958. The summed E-state index contributed by atoms with van der Waals surface area (Å²) < 4.78 is 26.5. The molecule has 1 amide bonds. The van der Waals surface area contributed by atoms with E-state index in [9.17, 15) is 18.3 Å². The lowest BCUT2D eigenvalue weighted by molar-refractivity contribution is -0.145. The first-order chi connectivity index (χ1) is 12.7. The zero-order valence-corrected chi connectivity index (χ0v) is 16.0. The van der Waals surface area contributed by atoms with Crippen LogP contribution in [-0.4, -0.2) is 52.4 Å². The van der Waals surface area contributed by atoms with E-state index in [0.717, 1.165) is 10.7 Å². The molecule has 0 aromatic heterocycles. The molecule has 5 rings (SSSR count). The normalized spacial score (nSPS) is 40.1. The summed E-state index contributed by atoms with van der Waals surface area (Å²) in [6.45, 7) is 4.00. The van der Waals surface area contributed by atoms with Crippen LogP contribution in [0.1, 0.15) is 38.7 Å². The van der Waals surface area contributed by atoms with Crippen LogP contribution >= 0.6 is 0 Å². The maximum absolute atomic E-state index is 13.2. The van der Waals surface area contributed by atoms with Crippen LogP contribution in [0.4, 0.5) is 0 Å². The highest BCUT2D eigenvalue weighted by Gasteiger charge is 2.81. The molecule has 144 valence electrons. The molecule has 8 heteroatoms. The van der Waals surface area contributed by atoms with Crippen molar-refractivity contribution >= 4 is 21.6 Å². The molecule has 7 nitrogen and oxygen atoms in total. The number of hydrogen-bond donors (Lipinski definition) is 1. The third-order valence-electron chi connectivity index (χ3n) is 7.39. The zero-order valence-electron chi connectivity index (χ0n) is 15.2. The molecule has 0 unspecified atom stereocenters. The second kappa shape index (κ2) is 5.11. The van der Waals surface area contributed by atoms with Crippen LogP contribution in [0.5, 0.6) is 0 Å². The molecule has 4 aliphatic rings. The first kappa shape index (κ1) is 17.2. The summed E-state index contributed by atoms with van der Waals surface area (Å²) >= 11 is 0. The first-order valence-corrected chi connectivity index (χ1v) is 10.7. The highest BCUT2D eigenvalue weighted by atomic mass is 32.2. The molecule has 2 bridgehead atoms. The molecule has 1 saturated heterocycles. The number of fused-ring (bicyclic) bond motifs is 1. The minimum Gasteiger partial charge on any atom is -0.382 e. The van der Waals surface area contributed by atoms with Gasteiger partial charge < -0.3 is 9.94 Å². The number of aliphatic hydroxyl groups excluding tert-OH is 1. The Balaban J connectivity index is 1.43. The van der Waals surface area contributed by atoms with E-state index in [4.69, 9.17) is 4.84 Å². The fourth-order valence-electron chi connectivity index (χ4n) is 5.88. The molecule has 2 aliphatic carbocycles. The molecule has 2 aliphatic heterocycles. The number of hydrogen-bond acceptors (Lipinski definition) is 6. The molecular weight excluding hydrogens is 368 g/mol. The number of sulfonamides is 1. The van der Waals surface area contributed by atoms with E-state index in [2.05, 4.69) is 5.16 Å². The number of amides is 1. The number of carbonyl (C=O) groups is 1. The van der Waals surface area contributed by atoms with Gasteiger partial charge in [-0.05, 0) is 30.6 Å². The van der Waals surface area contributed by atoms with Gasteiger partial charge in [-0.1, -0.05) is 49.3 Å². The summed E-state index contributed by atoms with van der Waals surface area (Å²) in [5.74, 6) is -0.420. The van der Waals surface area contributed by atoms with E-state index in [-0.39, 0.29) is 17.2 Å². The average Bonchev–Trinajstić information content (AvgIpc) is 3.21. The van der Waals surface area contributed by atoms with Crippen molar-refractivity contribution in [1.29, 1.82) is 0 Å². The zero-order chi connectivity index (χ0) is 19.2. The van der Waals surface area contributed by atoms with Gasteiger partial charge >= 0.3 is 0 Å². The number of benzene rings is 1. The van der Waals surface area contributed by atoms with E-state index in [1.54, 1.807) is 24.3 Å². The second-order valence-corrected chi connectivity index (χ2v) is 10.6. The lowest BCUT2D eigenvalue weighted by Crippen LogP contribution is -2.76. The second-order valence-electron chi connectivity index (χ2n) is 8.55. The number of rotatable bonds is 2. The van der Waals surface area contributed by atoms with Crippen LogP contribution in [-0.2, 0) is 19.7 Å². The van der Waals surface area contributed by atoms with Crippen LogP contribution < -0.4 is 0 Å². The summed E-state index contributed by atoms with van der Waals surface area (Å²) in [4.78, 5) is 18.3. The fourth-order valence-corrected chi connectivity index (χ4v) is 8.76. The maximum atomic E-state index is 13.2. The van der Waals surface area contributed by atoms with Gasteiger partial charge in [-0.25, -0.2) is 12.7 Å². The number of carbonyl (C=O) groups excluding carboxylic acids is 1. The quantitative estimate of drug-likeness (QED) is 0.820. The molecule has 1 aromatic carbocycles. The molecule has 1 spiro atoms. The van der Waals surface area contributed by atoms with Gasteiger partial charge in [-0.3, -0.25) is 4.79 Å². The molecule has 1 aromatic rings. The van der Waals surface area contributed by atoms with Crippen LogP contribution in [0.25, 0.3) is 0 Å². The van der Waals surface area contributed by atoms with Crippen molar-refractivity contribution in [3.63, 3.8) is 0 Å². The monoisotopic (exact) mass is 390 g/mol. The Labute approximate surface area is 158 Å². The minimum absolute atomic E-state index is 0.245. The molecule has 3 fully saturated rings. The third kappa shape index (κ3) is 1.78. The van der Waals surface area contributed by atoms with Crippen molar-refractivity contribution in [2.24, 2.45) is 16.5 Å². The van der Waals surface area contributed by atoms with E-state index < -0.39 is 32.9 Å². The smallest absolute Gasteiger partial charge is 0.283 e. The van der Waals surface area contributed by atoms with Gasteiger partial charge in [0.2, 0.25) is 16.1 Å². The average molecular weight is 390 g/mol. The summed E-state index contributed by atoms with van der Waals surface area (Å²) in [5.41, 5.74) is 0.549. The van der Waals surface area contributed by atoms with Gasteiger partial charge in [0.1, 0.15) is 16.6 Å². The Morgan fingerprint density at radius 2 is 2.00 bits per heavy atom. The van der Waals surface area contributed by atoms with Gasteiger partial charge in [-0.2, -0.15) is 0 Å². The third-order valence-corrected chi connectivity index (χ3v) is 10.3. The van der Waals surface area contributed by atoms with Gasteiger partial charge in [0.15, 0.2) is 0 Å². The van der Waals surface area contributed by atoms with E-state index in [1.807, 2.05) is 19.9 Å². The molecule has 0 radical (unpaired) electrons.